The number of benzene rings is 1. The van der Waals surface area contributed by atoms with Crippen LogP contribution in [0.2, 0.25) is 0 Å². The van der Waals surface area contributed by atoms with Crippen LogP contribution in [0.1, 0.15) is 24.4 Å². The Morgan fingerprint density at radius 2 is 1.92 bits per heavy atom. The van der Waals surface area contributed by atoms with Crippen molar-refractivity contribution < 1.29 is 24.5 Å². The van der Waals surface area contributed by atoms with Crippen molar-refractivity contribution in [3.8, 4) is 0 Å². The molecule has 0 aromatic heterocycles. The van der Waals surface area contributed by atoms with Gasteiger partial charge in [-0.1, -0.05) is 30.3 Å². The number of esters is 1. The summed E-state index contributed by atoms with van der Waals surface area (Å²) >= 11 is 0. The molecule has 3 N–H and O–H groups in total. The average Bonchev–Trinajstić information content (AvgIpc) is 2.61. The molecule has 2 atom stereocenters. The number of methoxy groups -OCH3 is 1. The van der Waals surface area contributed by atoms with E-state index in [4.69, 9.17) is 0 Å². The van der Waals surface area contributed by atoms with Gasteiger partial charge in [0.15, 0.2) is 6.10 Å². The first-order valence-electron chi connectivity index (χ1n) is 8.03. The molecule has 1 aliphatic heterocycles. The van der Waals surface area contributed by atoms with Crippen molar-refractivity contribution in [2.75, 3.05) is 26.7 Å². The van der Waals surface area contributed by atoms with Crippen molar-refractivity contribution in [3.63, 3.8) is 0 Å². The second-order valence-electron chi connectivity index (χ2n) is 5.86. The number of nitrogens with one attached hydrogen (secondary N) is 1. The van der Waals surface area contributed by atoms with Gasteiger partial charge in [0.05, 0.1) is 19.8 Å². The van der Waals surface area contributed by atoms with E-state index in [0.29, 0.717) is 25.9 Å². The minimum Gasteiger partial charge on any atom is -0.467 e. The molecule has 1 saturated heterocycles. The number of aliphatic hydroxyl groups is 2. The molecule has 1 fully saturated rings. The predicted molar refractivity (Wildman–Crippen MR) is 87.0 cm³/mol. The molecule has 7 heteroatoms. The Kier molecular flexibility index (Phi) is 6.72. The molecular weight excluding hydrogens is 312 g/mol. The maximum Gasteiger partial charge on any atom is 0.336 e. The SMILES string of the molecule is COC(=O)C(O)CNC(=O)C(c1ccccc1)N1CCC(O)CC1. The Morgan fingerprint density at radius 3 is 2.50 bits per heavy atom. The largest absolute Gasteiger partial charge is 0.467 e. The Bertz CT molecular complexity index is 543. The van der Waals surface area contributed by atoms with Crippen LogP contribution in [-0.4, -0.2) is 65.9 Å². The molecule has 2 unspecified atom stereocenters. The van der Waals surface area contributed by atoms with Crippen LogP contribution in [0, 0.1) is 0 Å². The number of carbonyl (C=O) groups excluding carboxylic acids is 2. The van der Waals surface area contributed by atoms with E-state index in [0.717, 1.165) is 5.56 Å². The third kappa shape index (κ3) is 4.77. The number of rotatable bonds is 6. The first-order valence-corrected chi connectivity index (χ1v) is 8.03. The highest BCUT2D eigenvalue weighted by atomic mass is 16.5. The lowest BCUT2D eigenvalue weighted by Crippen LogP contribution is -2.47. The van der Waals surface area contributed by atoms with E-state index in [1.807, 2.05) is 35.2 Å². The van der Waals surface area contributed by atoms with Crippen LogP contribution in [0.5, 0.6) is 0 Å². The van der Waals surface area contributed by atoms with E-state index in [9.17, 15) is 19.8 Å². The molecule has 24 heavy (non-hydrogen) atoms. The van der Waals surface area contributed by atoms with Crippen LogP contribution < -0.4 is 5.32 Å². The van der Waals surface area contributed by atoms with Crippen molar-refractivity contribution in [3.05, 3.63) is 35.9 Å². The normalized spacial score (nSPS) is 18.6. The summed E-state index contributed by atoms with van der Waals surface area (Å²) in [6, 6.07) is 8.80. The van der Waals surface area contributed by atoms with Gasteiger partial charge < -0.3 is 20.3 Å². The zero-order valence-electron chi connectivity index (χ0n) is 13.7. The zero-order valence-corrected chi connectivity index (χ0v) is 13.7. The first-order chi connectivity index (χ1) is 11.5. The van der Waals surface area contributed by atoms with E-state index >= 15 is 0 Å². The van der Waals surface area contributed by atoms with Gasteiger partial charge in [-0.3, -0.25) is 9.69 Å². The second kappa shape index (κ2) is 8.77. The number of hydrogen-bond donors (Lipinski definition) is 3. The van der Waals surface area contributed by atoms with Crippen LogP contribution in [-0.2, 0) is 14.3 Å². The monoisotopic (exact) mass is 336 g/mol. The average molecular weight is 336 g/mol. The van der Waals surface area contributed by atoms with Crippen LogP contribution in [0.15, 0.2) is 30.3 Å². The van der Waals surface area contributed by atoms with Gasteiger partial charge in [0.2, 0.25) is 5.91 Å². The molecule has 1 heterocycles. The highest BCUT2D eigenvalue weighted by Crippen LogP contribution is 2.25. The number of likely N-dealkylation sites (tertiary alicyclic amines) is 1. The minimum atomic E-state index is -1.39. The van der Waals surface area contributed by atoms with Gasteiger partial charge in [0.25, 0.3) is 0 Å². The highest BCUT2D eigenvalue weighted by Gasteiger charge is 2.31. The third-order valence-electron chi connectivity index (χ3n) is 4.17. The van der Waals surface area contributed by atoms with Crippen LogP contribution in [0.3, 0.4) is 0 Å². The van der Waals surface area contributed by atoms with Crippen molar-refractivity contribution in [1.29, 1.82) is 0 Å². The van der Waals surface area contributed by atoms with E-state index < -0.39 is 18.1 Å². The maximum atomic E-state index is 12.7. The van der Waals surface area contributed by atoms with Crippen molar-refractivity contribution in [1.82, 2.24) is 10.2 Å². The summed E-state index contributed by atoms with van der Waals surface area (Å²) in [5.74, 6) is -1.08. The van der Waals surface area contributed by atoms with Crippen molar-refractivity contribution >= 4 is 11.9 Å². The lowest BCUT2D eigenvalue weighted by Gasteiger charge is -2.35. The molecule has 132 valence electrons. The van der Waals surface area contributed by atoms with E-state index in [-0.39, 0.29) is 18.6 Å². The molecule has 1 aromatic carbocycles. The first kappa shape index (κ1) is 18.4. The fourth-order valence-corrected chi connectivity index (χ4v) is 2.82. The third-order valence-corrected chi connectivity index (χ3v) is 4.17. The number of carbonyl (C=O) groups is 2. The Labute approximate surface area is 141 Å². The molecule has 0 aliphatic carbocycles. The molecule has 1 amide bonds. The summed E-state index contributed by atoms with van der Waals surface area (Å²) in [7, 11) is 1.18. The summed E-state index contributed by atoms with van der Waals surface area (Å²) in [6.07, 6.45) is -0.497. The summed E-state index contributed by atoms with van der Waals surface area (Å²) < 4.78 is 4.44. The topological polar surface area (TPSA) is 99.1 Å². The Morgan fingerprint density at radius 1 is 1.29 bits per heavy atom. The van der Waals surface area contributed by atoms with E-state index in [1.54, 1.807) is 0 Å². The number of amides is 1. The van der Waals surface area contributed by atoms with Gasteiger partial charge in [-0.25, -0.2) is 4.79 Å². The molecule has 7 nitrogen and oxygen atoms in total. The minimum absolute atomic E-state index is 0.203. The summed E-state index contributed by atoms with van der Waals surface area (Å²) in [6.45, 7) is 1.01. The van der Waals surface area contributed by atoms with Crippen molar-refractivity contribution in [2.24, 2.45) is 0 Å². The summed E-state index contributed by atoms with van der Waals surface area (Å²) in [5, 5.41) is 21.9. The lowest BCUT2D eigenvalue weighted by atomic mass is 10.00. The fraction of sp³-hybridized carbons (Fsp3) is 0.529. The molecule has 2 rings (SSSR count). The fourth-order valence-electron chi connectivity index (χ4n) is 2.82. The number of aliphatic hydroxyl groups excluding tert-OH is 2. The van der Waals surface area contributed by atoms with Crippen LogP contribution in [0.4, 0.5) is 0 Å². The van der Waals surface area contributed by atoms with Gasteiger partial charge in [-0.15, -0.1) is 0 Å². The molecule has 0 radical (unpaired) electrons. The smallest absolute Gasteiger partial charge is 0.336 e. The highest BCUT2D eigenvalue weighted by molar-refractivity contribution is 5.84. The molecular formula is C17H24N2O5. The van der Waals surface area contributed by atoms with Crippen molar-refractivity contribution in [2.45, 2.75) is 31.1 Å². The summed E-state index contributed by atoms with van der Waals surface area (Å²) in [4.78, 5) is 25.9. The Hall–Kier alpha value is -1.96. The molecule has 0 bridgehead atoms. The predicted octanol–water partition coefficient (Wildman–Crippen LogP) is -0.166. The van der Waals surface area contributed by atoms with Crippen LogP contribution >= 0.6 is 0 Å². The molecule has 0 spiro atoms. The standard InChI is InChI=1S/C17H24N2O5/c1-24-17(23)14(21)11-18-16(22)15(12-5-3-2-4-6-12)19-9-7-13(20)8-10-19/h2-6,13-15,20-21H,7-11H2,1H3,(H,18,22). The van der Waals surface area contributed by atoms with Gasteiger partial charge in [-0.2, -0.15) is 0 Å². The molecule has 0 saturated carbocycles. The summed E-state index contributed by atoms with van der Waals surface area (Å²) in [5.41, 5.74) is 0.832. The Balaban J connectivity index is 2.08. The van der Waals surface area contributed by atoms with E-state index in [1.165, 1.54) is 7.11 Å². The van der Waals surface area contributed by atoms with Gasteiger partial charge >= 0.3 is 5.97 Å². The van der Waals surface area contributed by atoms with Gasteiger partial charge in [0.1, 0.15) is 6.04 Å². The number of nitrogens with zero attached hydrogens (tertiary/aromatic N) is 1. The lowest BCUT2D eigenvalue weighted by molar-refractivity contribution is -0.150. The van der Waals surface area contributed by atoms with Crippen LogP contribution in [0.25, 0.3) is 0 Å². The number of piperidine rings is 1. The van der Waals surface area contributed by atoms with Gasteiger partial charge in [-0.05, 0) is 18.4 Å². The second-order valence-corrected chi connectivity index (χ2v) is 5.86. The maximum absolute atomic E-state index is 12.7. The number of hydrogen-bond acceptors (Lipinski definition) is 6. The van der Waals surface area contributed by atoms with E-state index in [2.05, 4.69) is 10.1 Å². The quantitative estimate of drug-likeness (QED) is 0.624. The van der Waals surface area contributed by atoms with Gasteiger partial charge in [0, 0.05) is 13.1 Å². The molecule has 1 aliphatic rings. The zero-order chi connectivity index (χ0) is 17.5. The number of ether oxygens (including phenoxy) is 1. The molecule has 1 aromatic rings.